The van der Waals surface area contributed by atoms with E-state index in [2.05, 4.69) is 0 Å². The van der Waals surface area contributed by atoms with Crippen LogP contribution in [0.15, 0.2) is 29.2 Å². The zero-order valence-corrected chi connectivity index (χ0v) is 17.4. The molecule has 7 heteroatoms. The Balaban J connectivity index is 1.62. The van der Waals surface area contributed by atoms with Crippen molar-refractivity contribution in [1.82, 2.24) is 9.21 Å². The van der Waals surface area contributed by atoms with E-state index in [-0.39, 0.29) is 23.8 Å². The van der Waals surface area contributed by atoms with Crippen LogP contribution in [0.4, 0.5) is 0 Å². The smallest absolute Gasteiger partial charge is 0.243 e. The van der Waals surface area contributed by atoms with Gasteiger partial charge in [-0.1, -0.05) is 19.1 Å². The molecule has 0 saturated carbocycles. The number of rotatable bonds is 4. The monoisotopic (exact) mass is 406 g/mol. The summed E-state index contributed by atoms with van der Waals surface area (Å²) in [5, 5.41) is 0. The van der Waals surface area contributed by atoms with Crippen LogP contribution in [-0.2, 0) is 26.0 Å². The first-order valence-electron chi connectivity index (χ1n) is 10.4. The number of carbonyl (C=O) groups is 1. The van der Waals surface area contributed by atoms with Crippen molar-refractivity contribution in [2.75, 3.05) is 39.4 Å². The highest BCUT2D eigenvalue weighted by atomic mass is 32.2. The third kappa shape index (κ3) is 3.48. The molecule has 3 fully saturated rings. The summed E-state index contributed by atoms with van der Waals surface area (Å²) in [5.74, 6) is -0.127. The number of sulfonamides is 1. The Bertz CT molecular complexity index is 809. The van der Waals surface area contributed by atoms with Gasteiger partial charge in [-0.2, -0.15) is 4.31 Å². The van der Waals surface area contributed by atoms with E-state index in [1.165, 1.54) is 0 Å². The maximum Gasteiger partial charge on any atom is 0.243 e. The highest BCUT2D eigenvalue weighted by molar-refractivity contribution is 7.89. The lowest BCUT2D eigenvalue weighted by atomic mass is 9.71. The maximum atomic E-state index is 13.3. The van der Waals surface area contributed by atoms with E-state index in [1.54, 1.807) is 16.4 Å². The van der Waals surface area contributed by atoms with Gasteiger partial charge >= 0.3 is 0 Å². The van der Waals surface area contributed by atoms with Crippen LogP contribution in [0, 0.1) is 11.3 Å². The number of hydrogen-bond donors (Lipinski definition) is 0. The Hall–Kier alpha value is -1.44. The fraction of sp³-hybridized carbons (Fsp3) is 0.667. The van der Waals surface area contributed by atoms with E-state index in [0.29, 0.717) is 24.7 Å². The highest BCUT2D eigenvalue weighted by Crippen LogP contribution is 2.46. The van der Waals surface area contributed by atoms with Gasteiger partial charge in [0, 0.05) is 44.8 Å². The van der Waals surface area contributed by atoms with Crippen molar-refractivity contribution >= 4 is 15.9 Å². The molecule has 1 amide bonds. The number of hydrogen-bond acceptors (Lipinski definition) is 4. The first kappa shape index (κ1) is 19.9. The van der Waals surface area contributed by atoms with E-state index in [4.69, 9.17) is 4.74 Å². The largest absolute Gasteiger partial charge is 0.381 e. The van der Waals surface area contributed by atoms with Crippen molar-refractivity contribution in [3.63, 3.8) is 0 Å². The standard InChI is InChI=1S/C21H30N2O4S/c1-2-17-5-7-18(8-6-17)28(25,26)23-15-19(20(24)22-11-3-4-12-22)21(16-23)9-13-27-14-10-21/h5-8,19H,2-4,9-16H2,1H3/t19-/m1/s1. The number of ether oxygens (including phenoxy) is 1. The van der Waals surface area contributed by atoms with Crippen LogP contribution in [-0.4, -0.2) is 62.9 Å². The minimum Gasteiger partial charge on any atom is -0.381 e. The summed E-state index contributed by atoms with van der Waals surface area (Å²) in [6.07, 6.45) is 4.45. The van der Waals surface area contributed by atoms with Crippen molar-refractivity contribution in [2.24, 2.45) is 11.3 Å². The van der Waals surface area contributed by atoms with Gasteiger partial charge in [0.1, 0.15) is 0 Å². The summed E-state index contributed by atoms with van der Waals surface area (Å²) in [7, 11) is -3.61. The van der Waals surface area contributed by atoms with Gasteiger partial charge in [-0.25, -0.2) is 8.42 Å². The lowest BCUT2D eigenvalue weighted by Gasteiger charge is -2.38. The van der Waals surface area contributed by atoms with Gasteiger partial charge in [-0.15, -0.1) is 0 Å². The SMILES string of the molecule is CCc1ccc(S(=O)(=O)N2C[C@H](C(=O)N3CCCC3)C3(CCOCC3)C2)cc1. The molecule has 3 saturated heterocycles. The third-order valence-corrected chi connectivity index (χ3v) is 8.62. The number of aryl methyl sites for hydroxylation is 1. The predicted octanol–water partition coefficient (Wildman–Crippen LogP) is 2.29. The molecule has 154 valence electrons. The van der Waals surface area contributed by atoms with Crippen molar-refractivity contribution in [2.45, 2.75) is 43.9 Å². The molecule has 1 aromatic carbocycles. The third-order valence-electron chi connectivity index (χ3n) is 6.79. The average molecular weight is 407 g/mol. The van der Waals surface area contributed by atoms with Crippen molar-refractivity contribution in [1.29, 1.82) is 0 Å². The molecule has 0 aliphatic carbocycles. The molecule has 1 spiro atoms. The first-order valence-corrected chi connectivity index (χ1v) is 11.9. The Morgan fingerprint density at radius 3 is 2.39 bits per heavy atom. The topological polar surface area (TPSA) is 66.9 Å². The maximum absolute atomic E-state index is 13.3. The zero-order valence-electron chi connectivity index (χ0n) is 16.6. The molecule has 0 aromatic heterocycles. The zero-order chi connectivity index (χ0) is 19.8. The average Bonchev–Trinajstić information content (AvgIpc) is 3.37. The highest BCUT2D eigenvalue weighted by Gasteiger charge is 2.54. The van der Waals surface area contributed by atoms with Crippen LogP contribution in [0.25, 0.3) is 0 Å². The number of benzene rings is 1. The molecule has 3 heterocycles. The summed E-state index contributed by atoms with van der Waals surface area (Å²) in [6, 6.07) is 7.14. The van der Waals surface area contributed by atoms with Crippen LogP contribution in [0.1, 0.15) is 38.2 Å². The normalized spacial score (nSPS) is 25.5. The summed E-state index contributed by atoms with van der Waals surface area (Å²) in [5.41, 5.74) is 0.817. The molecule has 1 atom stereocenters. The second-order valence-corrected chi connectivity index (χ2v) is 10.3. The summed E-state index contributed by atoms with van der Waals surface area (Å²) in [6.45, 7) is 5.55. The van der Waals surface area contributed by atoms with Gasteiger partial charge in [0.2, 0.25) is 15.9 Å². The summed E-state index contributed by atoms with van der Waals surface area (Å²) in [4.78, 5) is 15.5. The quantitative estimate of drug-likeness (QED) is 0.769. The van der Waals surface area contributed by atoms with Crippen LogP contribution in [0.5, 0.6) is 0 Å². The minimum absolute atomic E-state index is 0.137. The molecule has 0 unspecified atom stereocenters. The van der Waals surface area contributed by atoms with E-state index in [1.807, 2.05) is 24.0 Å². The molecule has 6 nitrogen and oxygen atoms in total. The molecule has 1 aromatic rings. The molecular weight excluding hydrogens is 376 g/mol. The predicted molar refractivity (Wildman–Crippen MR) is 106 cm³/mol. The molecule has 4 rings (SSSR count). The molecule has 3 aliphatic heterocycles. The summed E-state index contributed by atoms with van der Waals surface area (Å²) >= 11 is 0. The Morgan fingerprint density at radius 1 is 1.14 bits per heavy atom. The molecule has 3 aliphatic rings. The van der Waals surface area contributed by atoms with Crippen LogP contribution in [0.2, 0.25) is 0 Å². The van der Waals surface area contributed by atoms with E-state index in [0.717, 1.165) is 50.8 Å². The fourth-order valence-corrected chi connectivity index (χ4v) is 6.49. The fourth-order valence-electron chi connectivity index (χ4n) is 4.93. The molecular formula is C21H30N2O4S. The van der Waals surface area contributed by atoms with E-state index >= 15 is 0 Å². The van der Waals surface area contributed by atoms with Gasteiger partial charge in [-0.05, 0) is 49.8 Å². The van der Waals surface area contributed by atoms with Gasteiger partial charge in [0.05, 0.1) is 10.8 Å². The minimum atomic E-state index is -3.61. The Morgan fingerprint density at radius 2 is 1.79 bits per heavy atom. The van der Waals surface area contributed by atoms with Crippen molar-refractivity contribution < 1.29 is 17.9 Å². The van der Waals surface area contributed by atoms with Crippen LogP contribution < -0.4 is 0 Å². The van der Waals surface area contributed by atoms with Crippen LogP contribution >= 0.6 is 0 Å². The van der Waals surface area contributed by atoms with Gasteiger partial charge in [0.15, 0.2) is 0 Å². The van der Waals surface area contributed by atoms with E-state index in [9.17, 15) is 13.2 Å². The second-order valence-electron chi connectivity index (χ2n) is 8.35. The molecule has 0 radical (unpaired) electrons. The van der Waals surface area contributed by atoms with Crippen molar-refractivity contribution in [3.8, 4) is 0 Å². The number of carbonyl (C=O) groups excluding carboxylic acids is 1. The van der Waals surface area contributed by atoms with Crippen molar-refractivity contribution in [3.05, 3.63) is 29.8 Å². The number of nitrogens with zero attached hydrogens (tertiary/aromatic N) is 2. The second kappa shape index (κ2) is 7.76. The number of amides is 1. The lowest BCUT2D eigenvalue weighted by molar-refractivity contribution is -0.139. The molecule has 28 heavy (non-hydrogen) atoms. The molecule has 0 bridgehead atoms. The van der Waals surface area contributed by atoms with Gasteiger partial charge in [0.25, 0.3) is 0 Å². The molecule has 0 N–H and O–H groups in total. The van der Waals surface area contributed by atoms with Crippen LogP contribution in [0.3, 0.4) is 0 Å². The first-order chi connectivity index (χ1) is 13.5. The van der Waals surface area contributed by atoms with E-state index < -0.39 is 10.0 Å². The Kier molecular flexibility index (Phi) is 5.51. The number of likely N-dealkylation sites (tertiary alicyclic amines) is 1. The van der Waals surface area contributed by atoms with Gasteiger partial charge < -0.3 is 9.64 Å². The summed E-state index contributed by atoms with van der Waals surface area (Å²) < 4.78 is 33.7. The lowest BCUT2D eigenvalue weighted by Crippen LogP contribution is -2.45. The van der Waals surface area contributed by atoms with Gasteiger partial charge in [-0.3, -0.25) is 4.79 Å². The Labute approximate surface area is 167 Å².